The van der Waals surface area contributed by atoms with Gasteiger partial charge >= 0.3 is 0 Å². The standard InChI is InChI=1S/C9H12ClN3O3S/c1-6(9(14)11-2)13-17(15,16)7-3-4-8(10)12-5-7/h3-6,13H,1-2H3,(H,11,14). The lowest BCUT2D eigenvalue weighted by molar-refractivity contribution is -0.121. The third-order valence-electron chi connectivity index (χ3n) is 1.98. The molecule has 94 valence electrons. The van der Waals surface area contributed by atoms with Crippen molar-refractivity contribution in [1.29, 1.82) is 0 Å². The van der Waals surface area contributed by atoms with Crippen molar-refractivity contribution >= 4 is 27.5 Å². The fourth-order valence-corrected chi connectivity index (χ4v) is 2.35. The van der Waals surface area contributed by atoms with Gasteiger partial charge in [-0.1, -0.05) is 11.6 Å². The highest BCUT2D eigenvalue weighted by Crippen LogP contribution is 2.11. The summed E-state index contributed by atoms with van der Waals surface area (Å²) in [6.45, 7) is 1.44. The summed E-state index contributed by atoms with van der Waals surface area (Å²) in [4.78, 5) is 14.8. The van der Waals surface area contributed by atoms with Crippen LogP contribution in [0.15, 0.2) is 23.2 Å². The predicted molar refractivity (Wildman–Crippen MR) is 63.1 cm³/mol. The molecule has 1 atom stereocenters. The number of likely N-dealkylation sites (N-methyl/N-ethyl adjacent to an activating group) is 1. The van der Waals surface area contributed by atoms with Crippen LogP contribution in [0, 0.1) is 0 Å². The van der Waals surface area contributed by atoms with Crippen molar-refractivity contribution in [2.75, 3.05) is 7.05 Å². The maximum absolute atomic E-state index is 11.8. The van der Waals surface area contributed by atoms with Crippen LogP contribution in [-0.2, 0) is 14.8 Å². The summed E-state index contributed by atoms with van der Waals surface area (Å²) in [5.74, 6) is -0.421. The van der Waals surface area contributed by atoms with E-state index in [2.05, 4.69) is 15.0 Å². The van der Waals surface area contributed by atoms with E-state index in [0.717, 1.165) is 6.20 Å². The van der Waals surface area contributed by atoms with Gasteiger partial charge in [0, 0.05) is 13.2 Å². The van der Waals surface area contributed by atoms with Gasteiger partial charge < -0.3 is 5.32 Å². The van der Waals surface area contributed by atoms with Gasteiger partial charge in [0.15, 0.2) is 0 Å². The normalized spacial score (nSPS) is 13.1. The molecule has 1 rings (SSSR count). The Bertz CT molecular complexity index is 501. The Morgan fingerprint density at radius 3 is 2.59 bits per heavy atom. The maximum Gasteiger partial charge on any atom is 0.242 e. The molecule has 0 saturated carbocycles. The van der Waals surface area contributed by atoms with Crippen molar-refractivity contribution in [1.82, 2.24) is 15.0 Å². The quantitative estimate of drug-likeness (QED) is 0.767. The van der Waals surface area contributed by atoms with Crippen molar-refractivity contribution in [2.24, 2.45) is 0 Å². The van der Waals surface area contributed by atoms with Crippen LogP contribution in [0.5, 0.6) is 0 Å². The lowest BCUT2D eigenvalue weighted by Crippen LogP contribution is -2.43. The number of pyridine rings is 1. The molecule has 0 aromatic carbocycles. The van der Waals surface area contributed by atoms with Gasteiger partial charge in [-0.2, -0.15) is 4.72 Å². The van der Waals surface area contributed by atoms with E-state index in [4.69, 9.17) is 11.6 Å². The zero-order valence-corrected chi connectivity index (χ0v) is 10.8. The minimum absolute atomic E-state index is 0.0438. The molecule has 0 aliphatic carbocycles. The summed E-state index contributed by atoms with van der Waals surface area (Å²) in [7, 11) is -2.34. The van der Waals surface area contributed by atoms with E-state index in [0.29, 0.717) is 0 Å². The summed E-state index contributed by atoms with van der Waals surface area (Å²) in [6.07, 6.45) is 1.13. The molecular weight excluding hydrogens is 266 g/mol. The third kappa shape index (κ3) is 3.65. The van der Waals surface area contributed by atoms with Crippen LogP contribution in [0.1, 0.15) is 6.92 Å². The zero-order valence-electron chi connectivity index (χ0n) is 9.27. The van der Waals surface area contributed by atoms with Crippen molar-refractivity contribution in [3.63, 3.8) is 0 Å². The molecule has 8 heteroatoms. The first-order valence-corrected chi connectivity index (χ1v) is 6.58. The lowest BCUT2D eigenvalue weighted by Gasteiger charge is -2.12. The second kappa shape index (κ2) is 5.44. The van der Waals surface area contributed by atoms with Gasteiger partial charge in [-0.15, -0.1) is 0 Å². The molecule has 0 radical (unpaired) electrons. The molecule has 2 N–H and O–H groups in total. The Morgan fingerprint density at radius 2 is 2.12 bits per heavy atom. The number of aromatic nitrogens is 1. The van der Waals surface area contributed by atoms with E-state index in [9.17, 15) is 13.2 Å². The topological polar surface area (TPSA) is 88.2 Å². The molecule has 6 nitrogen and oxygen atoms in total. The van der Waals surface area contributed by atoms with Crippen LogP contribution >= 0.6 is 11.6 Å². The molecule has 0 aliphatic heterocycles. The first kappa shape index (κ1) is 13.9. The fourth-order valence-electron chi connectivity index (χ4n) is 1.09. The van der Waals surface area contributed by atoms with E-state index >= 15 is 0 Å². The number of halogens is 1. The van der Waals surface area contributed by atoms with Gasteiger partial charge in [0.25, 0.3) is 0 Å². The molecule has 17 heavy (non-hydrogen) atoms. The van der Waals surface area contributed by atoms with Crippen molar-refractivity contribution < 1.29 is 13.2 Å². The first-order valence-electron chi connectivity index (χ1n) is 4.72. The van der Waals surface area contributed by atoms with E-state index in [1.54, 1.807) is 0 Å². The molecule has 1 heterocycles. The largest absolute Gasteiger partial charge is 0.358 e. The average Bonchev–Trinajstić information content (AvgIpc) is 2.27. The van der Waals surface area contributed by atoms with Crippen LogP contribution < -0.4 is 10.0 Å². The number of amides is 1. The Morgan fingerprint density at radius 1 is 1.47 bits per heavy atom. The zero-order chi connectivity index (χ0) is 13.1. The number of hydrogen-bond donors (Lipinski definition) is 2. The van der Waals surface area contributed by atoms with Gasteiger partial charge in [-0.05, 0) is 19.1 Å². The molecule has 1 amide bonds. The number of nitrogens with one attached hydrogen (secondary N) is 2. The van der Waals surface area contributed by atoms with Gasteiger partial charge in [0.2, 0.25) is 15.9 Å². The number of nitrogens with zero attached hydrogens (tertiary/aromatic N) is 1. The van der Waals surface area contributed by atoms with E-state index in [1.807, 2.05) is 0 Å². The minimum atomic E-state index is -3.76. The van der Waals surface area contributed by atoms with Gasteiger partial charge in [0.1, 0.15) is 10.0 Å². The van der Waals surface area contributed by atoms with Crippen LogP contribution in [0.2, 0.25) is 5.15 Å². The summed E-state index contributed by atoms with van der Waals surface area (Å²) < 4.78 is 25.8. The monoisotopic (exact) mass is 277 g/mol. The number of carbonyl (C=O) groups is 1. The lowest BCUT2D eigenvalue weighted by atomic mass is 10.3. The molecule has 0 fully saturated rings. The maximum atomic E-state index is 11.8. The molecule has 0 aliphatic rings. The van der Waals surface area contributed by atoms with Crippen LogP contribution in [-0.4, -0.2) is 32.4 Å². The Balaban J connectivity index is 2.89. The summed E-state index contributed by atoms with van der Waals surface area (Å²) in [6, 6.07) is 1.82. The van der Waals surface area contributed by atoms with E-state index < -0.39 is 22.0 Å². The van der Waals surface area contributed by atoms with Crippen LogP contribution in [0.25, 0.3) is 0 Å². The minimum Gasteiger partial charge on any atom is -0.358 e. The number of sulfonamides is 1. The Kier molecular flexibility index (Phi) is 4.44. The summed E-state index contributed by atoms with van der Waals surface area (Å²) in [5.41, 5.74) is 0. The van der Waals surface area contributed by atoms with Crippen LogP contribution in [0.4, 0.5) is 0 Å². The molecule has 1 unspecified atom stereocenters. The van der Waals surface area contributed by atoms with Crippen molar-refractivity contribution in [3.05, 3.63) is 23.5 Å². The van der Waals surface area contributed by atoms with Gasteiger partial charge in [0.05, 0.1) is 6.04 Å². The van der Waals surface area contributed by atoms with Crippen molar-refractivity contribution in [3.8, 4) is 0 Å². The second-order valence-corrected chi connectivity index (χ2v) is 5.38. The van der Waals surface area contributed by atoms with E-state index in [1.165, 1.54) is 26.1 Å². The average molecular weight is 278 g/mol. The number of hydrogen-bond acceptors (Lipinski definition) is 4. The van der Waals surface area contributed by atoms with E-state index in [-0.39, 0.29) is 10.0 Å². The Labute approximate surface area is 104 Å². The van der Waals surface area contributed by atoms with Crippen LogP contribution in [0.3, 0.4) is 0 Å². The highest BCUT2D eigenvalue weighted by molar-refractivity contribution is 7.89. The number of rotatable bonds is 4. The third-order valence-corrected chi connectivity index (χ3v) is 3.73. The molecule has 1 aromatic rings. The molecule has 1 aromatic heterocycles. The Hall–Kier alpha value is -1.18. The SMILES string of the molecule is CNC(=O)C(C)NS(=O)(=O)c1ccc(Cl)nc1. The highest BCUT2D eigenvalue weighted by atomic mass is 35.5. The molecular formula is C9H12ClN3O3S. The molecule has 0 saturated heterocycles. The summed E-state index contributed by atoms with van der Waals surface area (Å²) in [5, 5.41) is 2.54. The number of carbonyl (C=O) groups excluding carboxylic acids is 1. The second-order valence-electron chi connectivity index (χ2n) is 3.27. The predicted octanol–water partition coefficient (Wildman–Crippen LogP) is 0.148. The van der Waals surface area contributed by atoms with Gasteiger partial charge in [-0.25, -0.2) is 13.4 Å². The van der Waals surface area contributed by atoms with Crippen molar-refractivity contribution in [2.45, 2.75) is 17.9 Å². The summed E-state index contributed by atoms with van der Waals surface area (Å²) >= 11 is 5.55. The smallest absolute Gasteiger partial charge is 0.242 e. The fraction of sp³-hybridized carbons (Fsp3) is 0.333. The van der Waals surface area contributed by atoms with Gasteiger partial charge in [-0.3, -0.25) is 4.79 Å². The molecule has 0 bridgehead atoms. The highest BCUT2D eigenvalue weighted by Gasteiger charge is 2.21. The molecule has 0 spiro atoms. The first-order chi connectivity index (χ1) is 7.86.